The van der Waals surface area contributed by atoms with Crippen LogP contribution in [-0.2, 0) is 0 Å². The summed E-state index contributed by atoms with van der Waals surface area (Å²) in [4.78, 5) is 13.1. The van der Waals surface area contributed by atoms with Gasteiger partial charge in [-0.1, -0.05) is 13.8 Å². The molecule has 0 amide bonds. The molecule has 0 saturated carbocycles. The first kappa shape index (κ1) is 16.7. The van der Waals surface area contributed by atoms with Gasteiger partial charge in [0.1, 0.15) is 5.82 Å². The molecule has 0 aliphatic carbocycles. The summed E-state index contributed by atoms with van der Waals surface area (Å²) in [6, 6.07) is 2.35. The number of rotatable bonds is 9. The van der Waals surface area contributed by atoms with Crippen molar-refractivity contribution in [2.45, 2.75) is 39.7 Å². The fourth-order valence-electron chi connectivity index (χ4n) is 2.13. The Morgan fingerprint density at radius 3 is 2.55 bits per heavy atom. The Morgan fingerprint density at radius 2 is 1.95 bits per heavy atom. The van der Waals surface area contributed by atoms with E-state index in [1.165, 1.54) is 13.0 Å². The van der Waals surface area contributed by atoms with Crippen LogP contribution in [0.15, 0.2) is 12.3 Å². The van der Waals surface area contributed by atoms with Gasteiger partial charge in [-0.3, -0.25) is 0 Å². The smallest absolute Gasteiger partial charge is 0.226 e. The number of anilines is 2. The molecule has 0 saturated heterocycles. The molecule has 5 heteroatoms. The lowest BCUT2D eigenvalue weighted by molar-refractivity contribution is 0.295. The summed E-state index contributed by atoms with van der Waals surface area (Å²) < 4.78 is 0. The molecule has 1 unspecified atom stereocenters. The van der Waals surface area contributed by atoms with Gasteiger partial charge in [0.05, 0.1) is 0 Å². The van der Waals surface area contributed by atoms with Crippen LogP contribution in [0.3, 0.4) is 0 Å². The summed E-state index contributed by atoms with van der Waals surface area (Å²) in [5.41, 5.74) is 0. The summed E-state index contributed by atoms with van der Waals surface area (Å²) in [6.07, 6.45) is 4.16. The summed E-state index contributed by atoms with van der Waals surface area (Å²) in [6.45, 7) is 10.1. The van der Waals surface area contributed by atoms with E-state index in [4.69, 9.17) is 0 Å². The van der Waals surface area contributed by atoms with Crippen LogP contribution in [-0.4, -0.2) is 54.6 Å². The van der Waals surface area contributed by atoms with Gasteiger partial charge in [-0.25, -0.2) is 4.98 Å². The van der Waals surface area contributed by atoms with Gasteiger partial charge >= 0.3 is 0 Å². The highest BCUT2D eigenvalue weighted by Crippen LogP contribution is 2.11. The van der Waals surface area contributed by atoms with Crippen LogP contribution < -0.4 is 10.2 Å². The van der Waals surface area contributed by atoms with Gasteiger partial charge in [-0.2, -0.15) is 4.98 Å². The molecule has 1 atom stereocenters. The van der Waals surface area contributed by atoms with Crippen molar-refractivity contribution in [1.82, 2.24) is 14.9 Å². The van der Waals surface area contributed by atoms with Gasteiger partial charge in [0, 0.05) is 26.3 Å². The van der Waals surface area contributed by atoms with Crippen molar-refractivity contribution >= 4 is 11.8 Å². The van der Waals surface area contributed by atoms with Crippen LogP contribution in [0.1, 0.15) is 33.6 Å². The van der Waals surface area contributed by atoms with Gasteiger partial charge in [-0.05, 0) is 45.5 Å². The maximum absolute atomic E-state index is 4.48. The molecular formula is C15H29N5. The molecule has 0 bridgehead atoms. The van der Waals surface area contributed by atoms with Crippen molar-refractivity contribution in [3.05, 3.63) is 12.3 Å². The average Bonchev–Trinajstić information content (AvgIpc) is 2.44. The molecule has 114 valence electrons. The minimum Gasteiger partial charge on any atom is -0.367 e. The van der Waals surface area contributed by atoms with Crippen LogP contribution in [0.2, 0.25) is 0 Å². The fourth-order valence-corrected chi connectivity index (χ4v) is 2.13. The van der Waals surface area contributed by atoms with Gasteiger partial charge in [-0.15, -0.1) is 0 Å². The van der Waals surface area contributed by atoms with Crippen LogP contribution in [0.5, 0.6) is 0 Å². The van der Waals surface area contributed by atoms with Crippen molar-refractivity contribution in [1.29, 1.82) is 0 Å². The average molecular weight is 279 g/mol. The number of nitrogens with zero attached hydrogens (tertiary/aromatic N) is 4. The monoisotopic (exact) mass is 279 g/mol. The third-order valence-corrected chi connectivity index (χ3v) is 3.44. The zero-order valence-corrected chi connectivity index (χ0v) is 13.6. The number of nitrogens with one attached hydrogen (secondary N) is 1. The largest absolute Gasteiger partial charge is 0.367 e. The fraction of sp³-hybridized carbons (Fsp3) is 0.733. The lowest BCUT2D eigenvalue weighted by Crippen LogP contribution is -2.26. The molecule has 0 aliphatic rings. The quantitative estimate of drug-likeness (QED) is 0.752. The molecule has 1 aromatic heterocycles. The number of hydrogen-bond donors (Lipinski definition) is 1. The van der Waals surface area contributed by atoms with Crippen LogP contribution in [0.25, 0.3) is 0 Å². The summed E-state index contributed by atoms with van der Waals surface area (Å²) in [5, 5.41) is 3.45. The predicted molar refractivity (Wildman–Crippen MR) is 86.5 cm³/mol. The Bertz CT molecular complexity index is 376. The second kappa shape index (κ2) is 8.74. The zero-order valence-electron chi connectivity index (χ0n) is 13.6. The van der Waals surface area contributed by atoms with E-state index in [1.54, 1.807) is 6.20 Å². The second-order valence-electron chi connectivity index (χ2n) is 5.35. The molecule has 0 spiro atoms. The van der Waals surface area contributed by atoms with E-state index in [2.05, 4.69) is 41.0 Å². The standard InChI is InChI=1S/C15H29N5/c1-6-20(7-2)12-8-9-13(3)17-14-10-11-16-15(18-14)19(4)5/h10-11,13H,6-9,12H2,1-5H3,(H,16,17,18). The maximum Gasteiger partial charge on any atom is 0.226 e. The molecule has 20 heavy (non-hydrogen) atoms. The van der Waals surface area contributed by atoms with Crippen molar-refractivity contribution in [2.75, 3.05) is 43.9 Å². The Hall–Kier alpha value is -1.36. The molecule has 0 fully saturated rings. The van der Waals surface area contributed by atoms with Gasteiger partial charge < -0.3 is 15.1 Å². The molecule has 0 radical (unpaired) electrons. The molecule has 1 rings (SSSR count). The van der Waals surface area contributed by atoms with E-state index >= 15 is 0 Å². The summed E-state index contributed by atoms with van der Waals surface area (Å²) >= 11 is 0. The van der Waals surface area contributed by atoms with Crippen molar-refractivity contribution < 1.29 is 0 Å². The highest BCUT2D eigenvalue weighted by atomic mass is 15.2. The molecule has 0 aromatic carbocycles. The molecule has 0 aliphatic heterocycles. The second-order valence-corrected chi connectivity index (χ2v) is 5.35. The Morgan fingerprint density at radius 1 is 1.25 bits per heavy atom. The van der Waals surface area contributed by atoms with Crippen LogP contribution in [0, 0.1) is 0 Å². The third kappa shape index (κ3) is 5.74. The minimum absolute atomic E-state index is 0.426. The van der Waals surface area contributed by atoms with Gasteiger partial charge in [0.15, 0.2) is 0 Å². The SMILES string of the molecule is CCN(CC)CCCC(C)Nc1ccnc(N(C)C)n1. The van der Waals surface area contributed by atoms with Crippen molar-refractivity contribution in [2.24, 2.45) is 0 Å². The first-order valence-corrected chi connectivity index (χ1v) is 7.56. The van der Waals surface area contributed by atoms with Crippen molar-refractivity contribution in [3.63, 3.8) is 0 Å². The van der Waals surface area contributed by atoms with E-state index in [9.17, 15) is 0 Å². The molecule has 5 nitrogen and oxygen atoms in total. The van der Waals surface area contributed by atoms with E-state index in [0.29, 0.717) is 6.04 Å². The van der Waals surface area contributed by atoms with Gasteiger partial charge in [0.2, 0.25) is 5.95 Å². The number of hydrogen-bond acceptors (Lipinski definition) is 5. The lowest BCUT2D eigenvalue weighted by atomic mass is 10.1. The first-order chi connectivity index (χ1) is 9.56. The number of aromatic nitrogens is 2. The summed E-state index contributed by atoms with van der Waals surface area (Å²) in [7, 11) is 3.90. The molecule has 1 aromatic rings. The Kier molecular flexibility index (Phi) is 7.30. The Balaban J connectivity index is 2.38. The first-order valence-electron chi connectivity index (χ1n) is 7.56. The van der Waals surface area contributed by atoms with E-state index in [0.717, 1.165) is 31.3 Å². The highest BCUT2D eigenvalue weighted by molar-refractivity contribution is 5.40. The topological polar surface area (TPSA) is 44.3 Å². The Labute approximate surface area is 123 Å². The van der Waals surface area contributed by atoms with Gasteiger partial charge in [0.25, 0.3) is 0 Å². The van der Waals surface area contributed by atoms with Crippen LogP contribution in [0.4, 0.5) is 11.8 Å². The van der Waals surface area contributed by atoms with E-state index < -0.39 is 0 Å². The summed E-state index contributed by atoms with van der Waals surface area (Å²) in [5.74, 6) is 1.64. The van der Waals surface area contributed by atoms with Crippen LogP contribution >= 0.6 is 0 Å². The van der Waals surface area contributed by atoms with E-state index in [-0.39, 0.29) is 0 Å². The normalized spacial score (nSPS) is 12.5. The minimum atomic E-state index is 0.426. The lowest BCUT2D eigenvalue weighted by Gasteiger charge is -2.20. The molecule has 1 N–H and O–H groups in total. The maximum atomic E-state index is 4.48. The predicted octanol–water partition coefficient (Wildman–Crippen LogP) is 2.46. The zero-order chi connectivity index (χ0) is 15.0. The van der Waals surface area contributed by atoms with Crippen molar-refractivity contribution in [3.8, 4) is 0 Å². The third-order valence-electron chi connectivity index (χ3n) is 3.44. The highest BCUT2D eigenvalue weighted by Gasteiger charge is 2.06. The van der Waals surface area contributed by atoms with E-state index in [1.807, 2.05) is 25.1 Å². The molecule has 1 heterocycles. The molecular weight excluding hydrogens is 250 g/mol.